The molecule has 6 heteroatoms. The Morgan fingerprint density at radius 3 is 2.36 bits per heavy atom. The van der Waals surface area contributed by atoms with E-state index in [2.05, 4.69) is 10.5 Å². The molecule has 2 aromatic carbocycles. The highest BCUT2D eigenvalue weighted by Crippen LogP contribution is 2.28. The number of amides is 1. The number of carbonyl (C=O) groups excluding carboxylic acids is 1. The van der Waals surface area contributed by atoms with Gasteiger partial charge in [0.15, 0.2) is 11.5 Å². The maximum Gasteiger partial charge on any atom is 0.271 e. The van der Waals surface area contributed by atoms with Crippen LogP contribution in [0.25, 0.3) is 0 Å². The number of ether oxygens (including phenoxy) is 3. The molecule has 0 fully saturated rings. The van der Waals surface area contributed by atoms with E-state index in [0.717, 1.165) is 5.56 Å². The third-order valence-electron chi connectivity index (χ3n) is 3.28. The van der Waals surface area contributed by atoms with Crippen LogP contribution < -0.4 is 19.6 Å². The summed E-state index contributed by atoms with van der Waals surface area (Å²) in [5, 5.41) is 3.97. The van der Waals surface area contributed by atoms with E-state index in [4.69, 9.17) is 14.2 Å². The fourth-order valence-corrected chi connectivity index (χ4v) is 2.09. The van der Waals surface area contributed by atoms with Gasteiger partial charge in [0.1, 0.15) is 5.75 Å². The summed E-state index contributed by atoms with van der Waals surface area (Å²) in [6.45, 7) is 3.90. The predicted molar refractivity (Wildman–Crippen MR) is 96.8 cm³/mol. The van der Waals surface area contributed by atoms with Crippen LogP contribution in [0.5, 0.6) is 17.2 Å². The quantitative estimate of drug-likeness (QED) is 0.619. The third-order valence-corrected chi connectivity index (χ3v) is 3.28. The molecule has 0 heterocycles. The molecule has 0 unspecified atom stereocenters. The van der Waals surface area contributed by atoms with E-state index in [1.165, 1.54) is 0 Å². The average Bonchev–Trinajstić information content (AvgIpc) is 2.62. The molecule has 2 aromatic rings. The van der Waals surface area contributed by atoms with Gasteiger partial charge in [-0.2, -0.15) is 5.10 Å². The lowest BCUT2D eigenvalue weighted by Gasteiger charge is -2.13. The molecule has 0 saturated heterocycles. The molecular formula is C19H22N2O4. The molecule has 0 radical (unpaired) electrons. The Hall–Kier alpha value is -3.02. The zero-order valence-corrected chi connectivity index (χ0v) is 14.8. The van der Waals surface area contributed by atoms with E-state index in [-0.39, 0.29) is 12.0 Å². The molecule has 25 heavy (non-hydrogen) atoms. The number of hydrogen-bond acceptors (Lipinski definition) is 5. The summed E-state index contributed by atoms with van der Waals surface area (Å²) in [5.41, 5.74) is 3.76. The monoisotopic (exact) mass is 342 g/mol. The Morgan fingerprint density at radius 1 is 1.04 bits per heavy atom. The van der Waals surface area contributed by atoms with Crippen LogP contribution in [-0.4, -0.2) is 32.4 Å². The van der Waals surface area contributed by atoms with Crippen molar-refractivity contribution in [1.82, 2.24) is 5.43 Å². The van der Waals surface area contributed by atoms with Crippen molar-refractivity contribution in [3.8, 4) is 17.2 Å². The lowest BCUT2D eigenvalue weighted by molar-refractivity contribution is 0.0955. The second-order valence-electron chi connectivity index (χ2n) is 5.50. The molecule has 6 nitrogen and oxygen atoms in total. The van der Waals surface area contributed by atoms with Crippen molar-refractivity contribution >= 4 is 12.1 Å². The number of methoxy groups -OCH3 is 2. The zero-order chi connectivity index (χ0) is 18.2. The lowest BCUT2D eigenvalue weighted by atomic mass is 10.2. The molecule has 1 N–H and O–H groups in total. The van der Waals surface area contributed by atoms with E-state index in [9.17, 15) is 4.79 Å². The van der Waals surface area contributed by atoms with Crippen LogP contribution in [0.3, 0.4) is 0 Å². The molecule has 0 saturated carbocycles. The minimum absolute atomic E-state index is 0.0530. The van der Waals surface area contributed by atoms with Crippen molar-refractivity contribution in [2.24, 2.45) is 5.10 Å². The smallest absolute Gasteiger partial charge is 0.271 e. The molecule has 1 amide bonds. The van der Waals surface area contributed by atoms with Gasteiger partial charge in [0.05, 0.1) is 26.5 Å². The third kappa shape index (κ3) is 5.24. The van der Waals surface area contributed by atoms with Gasteiger partial charge in [0.25, 0.3) is 5.91 Å². The van der Waals surface area contributed by atoms with Gasteiger partial charge in [0.2, 0.25) is 0 Å². The molecule has 0 atom stereocenters. The van der Waals surface area contributed by atoms with Crippen molar-refractivity contribution < 1.29 is 19.0 Å². The predicted octanol–water partition coefficient (Wildman–Crippen LogP) is 3.25. The molecule has 0 bridgehead atoms. The van der Waals surface area contributed by atoms with Gasteiger partial charge < -0.3 is 14.2 Å². The van der Waals surface area contributed by atoms with Crippen LogP contribution in [0.15, 0.2) is 47.6 Å². The van der Waals surface area contributed by atoms with Crippen molar-refractivity contribution in [3.63, 3.8) is 0 Å². The van der Waals surface area contributed by atoms with E-state index in [1.807, 2.05) is 26.0 Å². The number of nitrogens with zero attached hydrogens (tertiary/aromatic N) is 1. The number of nitrogens with one attached hydrogen (secondary N) is 1. The van der Waals surface area contributed by atoms with Crippen LogP contribution in [0.4, 0.5) is 0 Å². The number of hydrazone groups is 1. The summed E-state index contributed by atoms with van der Waals surface area (Å²) in [6.07, 6.45) is 1.60. The van der Waals surface area contributed by atoms with E-state index in [1.54, 1.807) is 50.8 Å². The van der Waals surface area contributed by atoms with Gasteiger partial charge in [-0.05, 0) is 61.9 Å². The Balaban J connectivity index is 2.02. The summed E-state index contributed by atoms with van der Waals surface area (Å²) < 4.78 is 16.0. The minimum Gasteiger partial charge on any atom is -0.497 e. The molecule has 0 aliphatic rings. The number of rotatable bonds is 7. The largest absolute Gasteiger partial charge is 0.497 e. The van der Waals surface area contributed by atoms with E-state index >= 15 is 0 Å². The summed E-state index contributed by atoms with van der Waals surface area (Å²) in [5.74, 6) is 1.66. The summed E-state index contributed by atoms with van der Waals surface area (Å²) in [4.78, 5) is 12.0. The summed E-state index contributed by atoms with van der Waals surface area (Å²) >= 11 is 0. The fraction of sp³-hybridized carbons (Fsp3) is 0.263. The Kier molecular flexibility index (Phi) is 6.39. The highest BCUT2D eigenvalue weighted by Gasteiger charge is 2.07. The average molecular weight is 342 g/mol. The Morgan fingerprint density at radius 2 is 1.76 bits per heavy atom. The molecule has 0 aliphatic carbocycles. The zero-order valence-electron chi connectivity index (χ0n) is 14.8. The maximum atomic E-state index is 12.0. The second kappa shape index (κ2) is 8.73. The SMILES string of the molecule is COc1ccc(C(=O)N/N=C/c2ccc(OC(C)C)c(OC)c2)cc1. The first-order valence-electron chi connectivity index (χ1n) is 7.85. The van der Waals surface area contributed by atoms with Gasteiger partial charge in [-0.15, -0.1) is 0 Å². The molecular weight excluding hydrogens is 320 g/mol. The normalized spacial score (nSPS) is 10.8. The lowest BCUT2D eigenvalue weighted by Crippen LogP contribution is -2.17. The Bertz CT molecular complexity index is 740. The van der Waals surface area contributed by atoms with Crippen LogP contribution >= 0.6 is 0 Å². The van der Waals surface area contributed by atoms with Crippen LogP contribution in [0.1, 0.15) is 29.8 Å². The second-order valence-corrected chi connectivity index (χ2v) is 5.50. The first-order valence-corrected chi connectivity index (χ1v) is 7.85. The fourth-order valence-electron chi connectivity index (χ4n) is 2.09. The van der Waals surface area contributed by atoms with Crippen molar-refractivity contribution in [2.75, 3.05) is 14.2 Å². The van der Waals surface area contributed by atoms with E-state index in [0.29, 0.717) is 22.8 Å². The maximum absolute atomic E-state index is 12.0. The summed E-state index contributed by atoms with van der Waals surface area (Å²) in [7, 11) is 3.15. The van der Waals surface area contributed by atoms with E-state index < -0.39 is 0 Å². The van der Waals surface area contributed by atoms with Crippen molar-refractivity contribution in [2.45, 2.75) is 20.0 Å². The van der Waals surface area contributed by atoms with Gasteiger partial charge >= 0.3 is 0 Å². The first-order chi connectivity index (χ1) is 12.0. The highest BCUT2D eigenvalue weighted by atomic mass is 16.5. The van der Waals surface area contributed by atoms with Gasteiger partial charge in [-0.1, -0.05) is 0 Å². The molecule has 132 valence electrons. The summed E-state index contributed by atoms with van der Waals surface area (Å²) in [6, 6.07) is 12.2. The molecule has 0 aromatic heterocycles. The van der Waals surface area contributed by atoms with Crippen LogP contribution in [0.2, 0.25) is 0 Å². The number of benzene rings is 2. The molecule has 2 rings (SSSR count). The van der Waals surface area contributed by atoms with Gasteiger partial charge in [-0.25, -0.2) is 5.43 Å². The highest BCUT2D eigenvalue weighted by molar-refractivity contribution is 5.95. The van der Waals surface area contributed by atoms with Gasteiger partial charge in [0, 0.05) is 5.56 Å². The number of carbonyl (C=O) groups is 1. The van der Waals surface area contributed by atoms with Crippen LogP contribution in [0, 0.1) is 0 Å². The minimum atomic E-state index is -0.300. The van der Waals surface area contributed by atoms with Crippen molar-refractivity contribution in [3.05, 3.63) is 53.6 Å². The van der Waals surface area contributed by atoms with Gasteiger partial charge in [-0.3, -0.25) is 4.79 Å². The van der Waals surface area contributed by atoms with Crippen LogP contribution in [-0.2, 0) is 0 Å². The molecule has 0 aliphatic heterocycles. The first kappa shape index (κ1) is 18.3. The topological polar surface area (TPSA) is 69.2 Å². The standard InChI is InChI=1S/C19H22N2O4/c1-13(2)25-17-10-5-14(11-18(17)24-4)12-20-21-19(22)15-6-8-16(23-3)9-7-15/h5-13H,1-4H3,(H,21,22)/b20-12+. The molecule has 0 spiro atoms. The number of hydrogen-bond donors (Lipinski definition) is 1. The van der Waals surface area contributed by atoms with Crippen molar-refractivity contribution in [1.29, 1.82) is 0 Å². The Labute approximate surface area is 147 Å².